The molecule has 1 N–H and O–H groups in total. The monoisotopic (exact) mass is 754 g/mol. The van der Waals surface area contributed by atoms with Crippen molar-refractivity contribution in [3.63, 3.8) is 0 Å². The maximum atomic E-state index is 14.5. The molecule has 2 amide bonds. The summed E-state index contributed by atoms with van der Waals surface area (Å²) in [5.74, 6) is 0.287. The Kier molecular flexibility index (Phi) is 9.68. The Morgan fingerprint density at radius 1 is 0.944 bits per heavy atom. The Bertz CT molecular complexity index is 2250. The number of carbonyl (C=O) groups is 2. The van der Waals surface area contributed by atoms with Crippen molar-refractivity contribution in [3.05, 3.63) is 70.5 Å². The average Bonchev–Trinajstić information content (AvgIpc) is 3.63. The molecule has 2 aliphatic heterocycles. The van der Waals surface area contributed by atoms with E-state index in [0.717, 1.165) is 94.0 Å². The van der Waals surface area contributed by atoms with Crippen LogP contribution in [-0.4, -0.2) is 90.3 Å². The van der Waals surface area contributed by atoms with Crippen molar-refractivity contribution in [2.75, 3.05) is 34.3 Å². The average molecular weight is 755 g/mol. The highest BCUT2D eigenvalue weighted by Gasteiger charge is 2.36. The second-order valence-corrected chi connectivity index (χ2v) is 17.5. The SMILES string of the molecule is COc1ccc2c(c1)C=C(c1c(C(=O)N3C[C@@H](C)O[C@@H](C)C3)cnn1C1CCC1)Cn1c-2c(C2CCCCC2)c2ccc(C(=O)NS(=O)(=O)N(C)C)cc21. The molecule has 2 atom stereocenters. The second kappa shape index (κ2) is 14.3. The number of amides is 2. The van der Waals surface area contributed by atoms with Crippen molar-refractivity contribution >= 4 is 44.6 Å². The van der Waals surface area contributed by atoms with E-state index >= 15 is 0 Å². The fourth-order valence-corrected chi connectivity index (χ4v) is 9.39. The molecule has 12 nitrogen and oxygen atoms in total. The van der Waals surface area contributed by atoms with E-state index in [1.54, 1.807) is 19.4 Å². The number of nitrogens with one attached hydrogen (secondary N) is 1. The van der Waals surface area contributed by atoms with Crippen LogP contribution in [0.4, 0.5) is 0 Å². The van der Waals surface area contributed by atoms with Gasteiger partial charge in [-0.2, -0.15) is 17.8 Å². The first-order valence-corrected chi connectivity index (χ1v) is 20.7. The molecule has 2 saturated carbocycles. The quantitative estimate of drug-likeness (QED) is 0.214. The van der Waals surface area contributed by atoms with Crippen LogP contribution in [0.2, 0.25) is 0 Å². The zero-order valence-corrected chi connectivity index (χ0v) is 32.6. The molecule has 2 aromatic heterocycles. The van der Waals surface area contributed by atoms with Crippen LogP contribution in [0.15, 0.2) is 42.6 Å². The Labute approximate surface area is 317 Å². The van der Waals surface area contributed by atoms with E-state index in [-0.39, 0.29) is 29.7 Å². The highest BCUT2D eigenvalue weighted by atomic mass is 32.2. The van der Waals surface area contributed by atoms with Crippen molar-refractivity contribution in [1.82, 2.24) is 28.3 Å². The summed E-state index contributed by atoms with van der Waals surface area (Å²) in [7, 11) is 0.434. The van der Waals surface area contributed by atoms with Gasteiger partial charge < -0.3 is 18.9 Å². The summed E-state index contributed by atoms with van der Waals surface area (Å²) in [4.78, 5) is 30.0. The molecule has 2 aromatic carbocycles. The fourth-order valence-electron chi connectivity index (χ4n) is 8.85. The zero-order chi connectivity index (χ0) is 37.9. The topological polar surface area (TPSA) is 128 Å². The number of nitrogens with zero attached hydrogens (tertiary/aromatic N) is 5. The molecule has 0 unspecified atom stereocenters. The van der Waals surface area contributed by atoms with Gasteiger partial charge in [0.2, 0.25) is 0 Å². The van der Waals surface area contributed by atoms with E-state index in [1.165, 1.54) is 26.1 Å². The molecule has 4 aromatic rings. The predicted molar refractivity (Wildman–Crippen MR) is 209 cm³/mol. The molecule has 3 fully saturated rings. The highest BCUT2D eigenvalue weighted by molar-refractivity contribution is 7.87. The Morgan fingerprint density at radius 3 is 2.35 bits per heavy atom. The maximum absolute atomic E-state index is 14.5. The summed E-state index contributed by atoms with van der Waals surface area (Å²) in [5, 5.41) is 5.97. The first-order chi connectivity index (χ1) is 25.9. The third-order valence-corrected chi connectivity index (χ3v) is 13.1. The van der Waals surface area contributed by atoms with Crippen LogP contribution in [0.25, 0.3) is 33.8 Å². The molecule has 4 heterocycles. The van der Waals surface area contributed by atoms with Crippen LogP contribution in [0, 0.1) is 0 Å². The molecule has 8 rings (SSSR count). The molecule has 286 valence electrons. The summed E-state index contributed by atoms with van der Waals surface area (Å²) >= 11 is 0. The molecule has 2 aliphatic carbocycles. The number of fused-ring (bicyclic) bond motifs is 5. The summed E-state index contributed by atoms with van der Waals surface area (Å²) < 4.78 is 44.7. The Balaban J connectivity index is 1.35. The standard InChI is InChI=1S/C41H50N6O6S/c1-25-22-45(23-26(2)53-25)41(49)35-21-42-47(31-12-9-13-31)38(35)30-18-29-19-32(52-5)15-17-33(29)39-37(27-10-7-6-8-11-27)34-16-14-28(20-36(34)46(39)24-30)40(48)43-54(50,51)44(3)4/h14-21,25-27,31H,6-13,22-24H2,1-5H3,(H,43,48)/t25-,26+. The molecular formula is C41H50N6O6S. The number of methoxy groups -OCH3 is 1. The van der Waals surface area contributed by atoms with Gasteiger partial charge in [0.05, 0.1) is 55.1 Å². The van der Waals surface area contributed by atoms with Gasteiger partial charge >= 0.3 is 10.2 Å². The summed E-state index contributed by atoms with van der Waals surface area (Å²) in [6, 6.07) is 11.9. The van der Waals surface area contributed by atoms with E-state index in [1.807, 2.05) is 36.9 Å². The smallest absolute Gasteiger partial charge is 0.303 e. The van der Waals surface area contributed by atoms with Gasteiger partial charge in [0.1, 0.15) is 5.75 Å². The van der Waals surface area contributed by atoms with Crippen LogP contribution in [-0.2, 0) is 21.5 Å². The summed E-state index contributed by atoms with van der Waals surface area (Å²) in [6.45, 7) is 5.41. The second-order valence-electron chi connectivity index (χ2n) is 15.7. The van der Waals surface area contributed by atoms with E-state index < -0.39 is 16.1 Å². The van der Waals surface area contributed by atoms with Crippen molar-refractivity contribution in [2.24, 2.45) is 0 Å². The van der Waals surface area contributed by atoms with Gasteiger partial charge in [0.15, 0.2) is 0 Å². The highest BCUT2D eigenvalue weighted by Crippen LogP contribution is 2.48. The first kappa shape index (κ1) is 36.5. The molecule has 54 heavy (non-hydrogen) atoms. The number of benzene rings is 2. The lowest BCUT2D eigenvalue weighted by Gasteiger charge is -2.35. The lowest BCUT2D eigenvalue weighted by molar-refractivity contribution is -0.0586. The number of aromatic nitrogens is 3. The zero-order valence-electron chi connectivity index (χ0n) is 31.8. The molecular weight excluding hydrogens is 705 g/mol. The van der Waals surface area contributed by atoms with Crippen LogP contribution in [0.5, 0.6) is 5.75 Å². The van der Waals surface area contributed by atoms with Crippen LogP contribution >= 0.6 is 0 Å². The van der Waals surface area contributed by atoms with Crippen molar-refractivity contribution < 1.29 is 27.5 Å². The summed E-state index contributed by atoms with van der Waals surface area (Å²) in [5.41, 5.74) is 7.76. The molecule has 1 saturated heterocycles. The number of rotatable bonds is 8. The lowest BCUT2D eigenvalue weighted by atomic mass is 9.81. The largest absolute Gasteiger partial charge is 0.497 e. The van der Waals surface area contributed by atoms with E-state index in [9.17, 15) is 18.0 Å². The third kappa shape index (κ3) is 6.53. The first-order valence-electron chi connectivity index (χ1n) is 19.3. The minimum atomic E-state index is -4.01. The molecule has 0 bridgehead atoms. The molecule has 0 spiro atoms. The fraction of sp³-hybridized carbons (Fsp3) is 0.488. The van der Waals surface area contributed by atoms with Crippen LogP contribution < -0.4 is 9.46 Å². The Hall–Kier alpha value is -4.46. The number of carbonyl (C=O) groups excluding carboxylic acids is 2. The lowest BCUT2D eigenvalue weighted by Crippen LogP contribution is -2.48. The number of ether oxygens (including phenoxy) is 2. The van der Waals surface area contributed by atoms with Gasteiger partial charge in [0.25, 0.3) is 11.8 Å². The van der Waals surface area contributed by atoms with Gasteiger partial charge in [-0.05, 0) is 105 Å². The van der Waals surface area contributed by atoms with E-state index in [4.69, 9.17) is 14.6 Å². The predicted octanol–water partition coefficient (Wildman–Crippen LogP) is 6.63. The van der Waals surface area contributed by atoms with Crippen molar-refractivity contribution in [1.29, 1.82) is 0 Å². The van der Waals surface area contributed by atoms with Crippen molar-refractivity contribution in [2.45, 2.75) is 95.9 Å². The minimum Gasteiger partial charge on any atom is -0.497 e. The molecule has 0 radical (unpaired) electrons. The van der Waals surface area contributed by atoms with Gasteiger partial charge in [-0.3, -0.25) is 14.3 Å². The third-order valence-electron chi connectivity index (χ3n) is 11.7. The van der Waals surface area contributed by atoms with E-state index in [0.29, 0.717) is 31.1 Å². The maximum Gasteiger partial charge on any atom is 0.303 e. The number of hydrogen-bond donors (Lipinski definition) is 1. The molecule has 4 aliphatic rings. The van der Waals surface area contributed by atoms with Gasteiger partial charge in [-0.25, -0.2) is 4.72 Å². The molecule has 13 heteroatoms. The van der Waals surface area contributed by atoms with Gasteiger partial charge in [0, 0.05) is 49.2 Å². The number of morpholine rings is 1. The van der Waals surface area contributed by atoms with Gasteiger partial charge in [-0.15, -0.1) is 0 Å². The summed E-state index contributed by atoms with van der Waals surface area (Å²) in [6.07, 6.45) is 12.5. The van der Waals surface area contributed by atoms with Crippen molar-refractivity contribution in [3.8, 4) is 17.0 Å². The van der Waals surface area contributed by atoms with Crippen LogP contribution in [0.1, 0.15) is 115 Å². The van der Waals surface area contributed by atoms with E-state index in [2.05, 4.69) is 32.2 Å². The number of hydrogen-bond acceptors (Lipinski definition) is 7. The minimum absolute atomic E-state index is 0.0601. The van der Waals surface area contributed by atoms with Gasteiger partial charge in [-0.1, -0.05) is 25.3 Å². The Morgan fingerprint density at radius 2 is 1.69 bits per heavy atom. The number of allylic oxidation sites excluding steroid dienone is 1. The van der Waals surface area contributed by atoms with Crippen LogP contribution in [0.3, 0.4) is 0 Å². The normalized spacial score (nSPS) is 20.9.